The van der Waals surface area contributed by atoms with Crippen molar-refractivity contribution in [2.24, 2.45) is 4.99 Å². The van der Waals surface area contributed by atoms with Crippen LogP contribution in [0.25, 0.3) is 0 Å². The lowest BCUT2D eigenvalue weighted by Crippen LogP contribution is -2.21. The quantitative estimate of drug-likeness (QED) is 0.857. The summed E-state index contributed by atoms with van der Waals surface area (Å²) in [5, 5.41) is 1.21. The second-order valence-corrected chi connectivity index (χ2v) is 6.27. The normalized spacial score (nSPS) is 20.3. The Morgan fingerprint density at radius 3 is 2.52 bits per heavy atom. The first-order valence-electron chi connectivity index (χ1n) is 7.17. The number of para-hydroxylation sites is 1. The lowest BCUT2D eigenvalue weighted by Gasteiger charge is -2.13. The van der Waals surface area contributed by atoms with Crippen LogP contribution in [0.15, 0.2) is 59.6 Å². The molecule has 2 aromatic rings. The fourth-order valence-electron chi connectivity index (χ4n) is 2.67. The average molecular weight is 296 g/mol. The molecule has 2 aliphatic rings. The highest BCUT2D eigenvalue weighted by Gasteiger charge is 2.29. The number of amidine groups is 1. The van der Waals surface area contributed by atoms with Gasteiger partial charge in [0.2, 0.25) is 0 Å². The molecule has 4 heteroatoms. The van der Waals surface area contributed by atoms with Crippen molar-refractivity contribution in [2.45, 2.75) is 6.04 Å². The molecule has 1 saturated heterocycles. The Morgan fingerprint density at radius 2 is 1.76 bits per heavy atom. The maximum atomic E-state index is 5.82. The van der Waals surface area contributed by atoms with Gasteiger partial charge in [0.05, 0.1) is 6.04 Å². The number of thioether (sulfide) groups is 1. The summed E-state index contributed by atoms with van der Waals surface area (Å²) in [5.74, 6) is 2.91. The molecule has 0 aliphatic carbocycles. The summed E-state index contributed by atoms with van der Waals surface area (Å²) >= 11 is 1.87. The molecule has 0 radical (unpaired) electrons. The molecular formula is C17H16N2OS. The third-order valence-electron chi connectivity index (χ3n) is 3.77. The average Bonchev–Trinajstić information content (AvgIpc) is 3.10. The summed E-state index contributed by atoms with van der Waals surface area (Å²) < 4.78 is 5.82. The molecule has 0 bridgehead atoms. The number of nitrogens with zero attached hydrogens (tertiary/aromatic N) is 2. The standard InChI is InChI=1S/C17H16N2OS/c1-2-4-14(5-3-1)20-15-8-6-13(7-9-15)16-12-19-10-11-21-17(19)18-16/h1-9,16H,10-12H2. The zero-order valence-corrected chi connectivity index (χ0v) is 12.4. The topological polar surface area (TPSA) is 24.8 Å². The van der Waals surface area contributed by atoms with E-state index >= 15 is 0 Å². The number of hydrogen-bond donors (Lipinski definition) is 0. The van der Waals surface area contributed by atoms with Crippen LogP contribution in [-0.2, 0) is 0 Å². The molecule has 0 N–H and O–H groups in total. The minimum absolute atomic E-state index is 0.276. The molecule has 1 unspecified atom stereocenters. The van der Waals surface area contributed by atoms with Crippen molar-refractivity contribution in [1.29, 1.82) is 0 Å². The summed E-state index contributed by atoms with van der Waals surface area (Å²) in [6, 6.07) is 18.4. The van der Waals surface area contributed by atoms with Crippen LogP contribution in [0, 0.1) is 0 Å². The van der Waals surface area contributed by atoms with Crippen molar-refractivity contribution < 1.29 is 4.74 Å². The summed E-state index contributed by atoms with van der Waals surface area (Å²) in [6.45, 7) is 2.15. The minimum Gasteiger partial charge on any atom is -0.457 e. The van der Waals surface area contributed by atoms with Crippen molar-refractivity contribution >= 4 is 16.9 Å². The number of fused-ring (bicyclic) bond motifs is 1. The number of rotatable bonds is 3. The molecule has 2 aromatic carbocycles. The number of benzene rings is 2. The van der Waals surface area contributed by atoms with Crippen LogP contribution in [0.5, 0.6) is 11.5 Å². The highest BCUT2D eigenvalue weighted by Crippen LogP contribution is 2.33. The van der Waals surface area contributed by atoms with Crippen molar-refractivity contribution in [2.75, 3.05) is 18.8 Å². The maximum Gasteiger partial charge on any atom is 0.160 e. The second-order valence-electron chi connectivity index (χ2n) is 5.21. The van der Waals surface area contributed by atoms with Gasteiger partial charge in [-0.15, -0.1) is 0 Å². The van der Waals surface area contributed by atoms with Gasteiger partial charge in [-0.2, -0.15) is 0 Å². The third kappa shape index (κ3) is 2.63. The largest absolute Gasteiger partial charge is 0.457 e. The van der Waals surface area contributed by atoms with E-state index < -0.39 is 0 Å². The van der Waals surface area contributed by atoms with Crippen LogP contribution in [0.3, 0.4) is 0 Å². The van der Waals surface area contributed by atoms with Gasteiger partial charge < -0.3 is 9.64 Å². The van der Waals surface area contributed by atoms with Crippen LogP contribution >= 0.6 is 11.8 Å². The molecule has 106 valence electrons. The first-order chi connectivity index (χ1) is 10.4. The van der Waals surface area contributed by atoms with Gasteiger partial charge in [0, 0.05) is 18.8 Å². The third-order valence-corrected chi connectivity index (χ3v) is 4.77. The molecule has 3 nitrogen and oxygen atoms in total. The van der Waals surface area contributed by atoms with E-state index in [1.807, 2.05) is 54.2 Å². The van der Waals surface area contributed by atoms with Gasteiger partial charge in [-0.25, -0.2) is 0 Å². The predicted octanol–water partition coefficient (Wildman–Crippen LogP) is 3.94. The molecular weight excluding hydrogens is 280 g/mol. The van der Waals surface area contributed by atoms with Gasteiger partial charge >= 0.3 is 0 Å². The first kappa shape index (κ1) is 12.8. The Labute approximate surface area is 128 Å². The van der Waals surface area contributed by atoms with Crippen molar-refractivity contribution in [1.82, 2.24) is 4.90 Å². The molecule has 21 heavy (non-hydrogen) atoms. The molecule has 2 heterocycles. The van der Waals surface area contributed by atoms with E-state index in [1.54, 1.807) is 0 Å². The summed E-state index contributed by atoms with van der Waals surface area (Å²) in [5.41, 5.74) is 1.26. The highest BCUT2D eigenvalue weighted by molar-refractivity contribution is 8.14. The van der Waals surface area contributed by atoms with E-state index in [-0.39, 0.29) is 6.04 Å². The second kappa shape index (κ2) is 5.45. The monoisotopic (exact) mass is 296 g/mol. The van der Waals surface area contributed by atoms with Crippen molar-refractivity contribution in [3.63, 3.8) is 0 Å². The molecule has 0 amide bonds. The molecule has 1 fully saturated rings. The Bertz CT molecular complexity index is 654. The molecule has 2 aliphatic heterocycles. The van der Waals surface area contributed by atoms with Crippen LogP contribution in [-0.4, -0.2) is 28.9 Å². The maximum absolute atomic E-state index is 5.82. The Morgan fingerprint density at radius 1 is 1.00 bits per heavy atom. The zero-order chi connectivity index (χ0) is 14.1. The smallest absolute Gasteiger partial charge is 0.160 e. The van der Waals surface area contributed by atoms with Gasteiger partial charge in [0.25, 0.3) is 0 Å². The van der Waals surface area contributed by atoms with E-state index in [1.165, 1.54) is 16.5 Å². The van der Waals surface area contributed by atoms with Gasteiger partial charge in [-0.1, -0.05) is 42.1 Å². The van der Waals surface area contributed by atoms with Crippen LogP contribution < -0.4 is 4.74 Å². The minimum atomic E-state index is 0.276. The fraction of sp³-hybridized carbons (Fsp3) is 0.235. The molecule has 0 saturated carbocycles. The highest BCUT2D eigenvalue weighted by atomic mass is 32.2. The Kier molecular flexibility index (Phi) is 3.31. The molecule has 4 rings (SSSR count). The van der Waals surface area contributed by atoms with E-state index in [0.717, 1.165) is 24.6 Å². The number of ether oxygens (including phenoxy) is 1. The van der Waals surface area contributed by atoms with E-state index in [0.29, 0.717) is 0 Å². The van der Waals surface area contributed by atoms with E-state index in [2.05, 4.69) is 17.0 Å². The van der Waals surface area contributed by atoms with Gasteiger partial charge in [0.15, 0.2) is 5.17 Å². The predicted molar refractivity (Wildman–Crippen MR) is 87.2 cm³/mol. The lowest BCUT2D eigenvalue weighted by atomic mass is 10.1. The molecule has 0 aromatic heterocycles. The van der Waals surface area contributed by atoms with Crippen LogP contribution in [0.1, 0.15) is 11.6 Å². The van der Waals surface area contributed by atoms with Crippen molar-refractivity contribution in [3.05, 3.63) is 60.2 Å². The Balaban J connectivity index is 1.48. The molecule has 0 spiro atoms. The van der Waals surface area contributed by atoms with Crippen molar-refractivity contribution in [3.8, 4) is 11.5 Å². The lowest BCUT2D eigenvalue weighted by molar-refractivity contribution is 0.462. The van der Waals surface area contributed by atoms with E-state index in [9.17, 15) is 0 Å². The van der Waals surface area contributed by atoms with Crippen LogP contribution in [0.2, 0.25) is 0 Å². The fourth-order valence-corrected chi connectivity index (χ4v) is 3.71. The first-order valence-corrected chi connectivity index (χ1v) is 8.15. The zero-order valence-electron chi connectivity index (χ0n) is 11.6. The van der Waals surface area contributed by atoms with Crippen LogP contribution in [0.4, 0.5) is 0 Å². The van der Waals surface area contributed by atoms with Gasteiger partial charge in [-0.05, 0) is 29.8 Å². The molecule has 1 atom stereocenters. The van der Waals surface area contributed by atoms with E-state index in [4.69, 9.17) is 9.73 Å². The number of aliphatic imine (C=N–C) groups is 1. The summed E-state index contributed by atoms with van der Waals surface area (Å²) in [4.78, 5) is 7.18. The Hall–Kier alpha value is -1.94. The van der Waals surface area contributed by atoms with Gasteiger partial charge in [-0.3, -0.25) is 4.99 Å². The summed E-state index contributed by atoms with van der Waals surface area (Å²) in [7, 11) is 0. The number of hydrogen-bond acceptors (Lipinski definition) is 4. The van der Waals surface area contributed by atoms with Gasteiger partial charge in [0.1, 0.15) is 11.5 Å². The SMILES string of the molecule is c1ccc(Oc2ccc(C3CN4CCSC4=N3)cc2)cc1. The summed E-state index contributed by atoms with van der Waals surface area (Å²) in [6.07, 6.45) is 0.